The van der Waals surface area contributed by atoms with E-state index in [0.29, 0.717) is 18.7 Å². The molecule has 0 aliphatic carbocycles. The normalized spacial score (nSPS) is 24.6. The standard InChI is InChI=1S/C11H16IN3O4/c1-7-3-15(11(17)13-10(7)16)9-5-14(2)4-8(19-9)6-18-12/h3,8-9H,4-6H2,1-2H3,(H,13,16,17)/t8-,9+/m0/s1. The minimum atomic E-state index is -0.454. The molecule has 19 heavy (non-hydrogen) atoms. The van der Waals surface area contributed by atoms with Crippen molar-refractivity contribution in [3.63, 3.8) is 0 Å². The van der Waals surface area contributed by atoms with Gasteiger partial charge in [-0.1, -0.05) is 0 Å². The zero-order chi connectivity index (χ0) is 14.0. The van der Waals surface area contributed by atoms with Crippen molar-refractivity contribution in [2.24, 2.45) is 0 Å². The van der Waals surface area contributed by atoms with E-state index in [-0.39, 0.29) is 11.7 Å². The zero-order valence-corrected chi connectivity index (χ0v) is 12.9. The molecule has 0 radical (unpaired) electrons. The number of aromatic nitrogens is 2. The quantitative estimate of drug-likeness (QED) is 0.749. The van der Waals surface area contributed by atoms with Crippen molar-refractivity contribution in [1.29, 1.82) is 0 Å². The number of H-pyrrole nitrogens is 1. The van der Waals surface area contributed by atoms with Crippen molar-refractivity contribution >= 4 is 23.0 Å². The summed E-state index contributed by atoms with van der Waals surface area (Å²) in [6, 6.07) is 0. The van der Waals surface area contributed by atoms with E-state index in [2.05, 4.69) is 9.88 Å². The summed E-state index contributed by atoms with van der Waals surface area (Å²) in [5.41, 5.74) is -0.333. The number of aromatic amines is 1. The Bertz CT molecular complexity index is 556. The van der Waals surface area contributed by atoms with Crippen LogP contribution in [0.25, 0.3) is 0 Å². The van der Waals surface area contributed by atoms with E-state index in [1.165, 1.54) is 10.8 Å². The van der Waals surface area contributed by atoms with Gasteiger partial charge in [-0.15, -0.1) is 0 Å². The van der Waals surface area contributed by atoms with Gasteiger partial charge < -0.3 is 7.80 Å². The first kappa shape index (κ1) is 14.7. The van der Waals surface area contributed by atoms with Gasteiger partial charge in [0.15, 0.2) is 6.23 Å². The Balaban J connectivity index is 2.28. The van der Waals surface area contributed by atoms with E-state index in [9.17, 15) is 9.59 Å². The lowest BCUT2D eigenvalue weighted by Crippen LogP contribution is -2.48. The molecule has 1 saturated heterocycles. The topological polar surface area (TPSA) is 76.6 Å². The van der Waals surface area contributed by atoms with Gasteiger partial charge in [0.05, 0.1) is 12.7 Å². The van der Waals surface area contributed by atoms with Gasteiger partial charge in [0.25, 0.3) is 5.56 Å². The molecule has 106 valence electrons. The molecule has 0 bridgehead atoms. The molecule has 2 heterocycles. The fraction of sp³-hybridized carbons (Fsp3) is 0.636. The second-order valence-electron chi connectivity index (χ2n) is 4.69. The molecule has 0 unspecified atom stereocenters. The monoisotopic (exact) mass is 381 g/mol. The number of rotatable bonds is 3. The number of ether oxygens (including phenoxy) is 1. The summed E-state index contributed by atoms with van der Waals surface area (Å²) in [5, 5.41) is 0. The molecule has 0 saturated carbocycles. The van der Waals surface area contributed by atoms with E-state index >= 15 is 0 Å². The van der Waals surface area contributed by atoms with Gasteiger partial charge in [0, 0.05) is 24.8 Å². The van der Waals surface area contributed by atoms with Gasteiger partial charge in [-0.05, 0) is 14.0 Å². The molecule has 1 aliphatic heterocycles. The number of nitrogens with one attached hydrogen (secondary N) is 1. The lowest BCUT2D eigenvalue weighted by atomic mass is 10.2. The number of morpholine rings is 1. The Hall–Kier alpha value is -0.710. The number of halogens is 1. The van der Waals surface area contributed by atoms with E-state index in [1.807, 2.05) is 30.1 Å². The van der Waals surface area contributed by atoms with Crippen LogP contribution in [0, 0.1) is 6.92 Å². The maximum absolute atomic E-state index is 11.8. The van der Waals surface area contributed by atoms with Gasteiger partial charge in [0.2, 0.25) is 0 Å². The van der Waals surface area contributed by atoms with Crippen LogP contribution in [0.15, 0.2) is 15.8 Å². The highest BCUT2D eigenvalue weighted by atomic mass is 127. The first-order valence-corrected chi connectivity index (χ1v) is 6.79. The zero-order valence-electron chi connectivity index (χ0n) is 10.8. The predicted molar refractivity (Wildman–Crippen MR) is 77.4 cm³/mol. The lowest BCUT2D eigenvalue weighted by molar-refractivity contribution is -0.124. The Kier molecular flexibility index (Phi) is 4.76. The summed E-state index contributed by atoms with van der Waals surface area (Å²) in [4.78, 5) is 27.6. The molecular weight excluding hydrogens is 365 g/mol. The molecule has 1 N–H and O–H groups in total. The minimum Gasteiger partial charge on any atom is -0.349 e. The highest BCUT2D eigenvalue weighted by Gasteiger charge is 2.27. The third-order valence-electron chi connectivity index (χ3n) is 3.04. The van der Waals surface area contributed by atoms with Gasteiger partial charge in [-0.2, -0.15) is 0 Å². The van der Waals surface area contributed by atoms with Crippen LogP contribution in [-0.4, -0.2) is 47.3 Å². The number of nitrogens with zero attached hydrogens (tertiary/aromatic N) is 2. The first-order chi connectivity index (χ1) is 9.01. The summed E-state index contributed by atoms with van der Waals surface area (Å²) in [6.07, 6.45) is 1.02. The third-order valence-corrected chi connectivity index (χ3v) is 3.40. The second kappa shape index (κ2) is 6.16. The van der Waals surface area contributed by atoms with Crippen LogP contribution in [0.5, 0.6) is 0 Å². The molecule has 1 aromatic heterocycles. The molecule has 0 aromatic carbocycles. The molecule has 1 aromatic rings. The summed E-state index contributed by atoms with van der Waals surface area (Å²) >= 11 is 1.82. The molecule has 2 atom stereocenters. The smallest absolute Gasteiger partial charge is 0.330 e. The van der Waals surface area contributed by atoms with E-state index in [1.54, 1.807) is 6.92 Å². The van der Waals surface area contributed by atoms with Gasteiger partial charge in [0.1, 0.15) is 23.0 Å². The summed E-state index contributed by atoms with van der Waals surface area (Å²) in [6.45, 7) is 3.45. The van der Waals surface area contributed by atoms with Gasteiger partial charge in [-0.3, -0.25) is 19.2 Å². The average Bonchev–Trinajstić information content (AvgIpc) is 2.33. The fourth-order valence-electron chi connectivity index (χ4n) is 2.11. The summed E-state index contributed by atoms with van der Waals surface area (Å²) < 4.78 is 12.3. The maximum atomic E-state index is 11.8. The van der Waals surface area contributed by atoms with E-state index in [0.717, 1.165) is 6.54 Å². The molecule has 8 heteroatoms. The van der Waals surface area contributed by atoms with Crippen molar-refractivity contribution in [3.8, 4) is 0 Å². The molecule has 1 fully saturated rings. The molecular formula is C11H16IN3O4. The molecule has 0 amide bonds. The number of aryl methyl sites for hydroxylation is 1. The van der Waals surface area contributed by atoms with Crippen molar-refractivity contribution in [3.05, 3.63) is 32.6 Å². The lowest BCUT2D eigenvalue weighted by Gasteiger charge is -2.36. The van der Waals surface area contributed by atoms with Crippen LogP contribution in [0.3, 0.4) is 0 Å². The number of hydrogen-bond acceptors (Lipinski definition) is 5. The van der Waals surface area contributed by atoms with Crippen molar-refractivity contribution in [2.45, 2.75) is 19.3 Å². The maximum Gasteiger partial charge on any atom is 0.330 e. The van der Waals surface area contributed by atoms with Gasteiger partial charge >= 0.3 is 5.69 Å². The number of likely N-dealkylation sites (N-methyl/N-ethyl adjacent to an activating group) is 1. The Labute approximate surface area is 124 Å². The predicted octanol–water partition coefficient (Wildman–Crippen LogP) is 0.0408. The Morgan fingerprint density at radius 2 is 2.26 bits per heavy atom. The molecule has 0 spiro atoms. The van der Waals surface area contributed by atoms with Crippen LogP contribution in [0.1, 0.15) is 11.8 Å². The molecule has 1 aliphatic rings. The van der Waals surface area contributed by atoms with Crippen LogP contribution in [0.4, 0.5) is 0 Å². The highest BCUT2D eigenvalue weighted by Crippen LogP contribution is 2.18. The van der Waals surface area contributed by atoms with E-state index < -0.39 is 11.9 Å². The highest BCUT2D eigenvalue weighted by molar-refractivity contribution is 14.1. The fourth-order valence-corrected chi connectivity index (χ4v) is 2.51. The molecule has 7 nitrogen and oxygen atoms in total. The van der Waals surface area contributed by atoms with Crippen molar-refractivity contribution in [1.82, 2.24) is 14.5 Å². The van der Waals surface area contributed by atoms with Crippen LogP contribution in [-0.2, 0) is 7.80 Å². The second-order valence-corrected chi connectivity index (χ2v) is 5.31. The number of hydrogen-bond donors (Lipinski definition) is 1. The summed E-state index contributed by atoms with van der Waals surface area (Å²) in [5.74, 6) is 0. The minimum absolute atomic E-state index is 0.0974. The third kappa shape index (κ3) is 3.44. The SMILES string of the molecule is Cc1cn([C@H]2CN(C)C[C@@H](COI)O2)c(=O)[nH]c1=O. The Morgan fingerprint density at radius 1 is 1.53 bits per heavy atom. The molecule has 2 rings (SSSR count). The average molecular weight is 381 g/mol. The first-order valence-electron chi connectivity index (χ1n) is 5.91. The van der Waals surface area contributed by atoms with Crippen LogP contribution in [0.2, 0.25) is 0 Å². The van der Waals surface area contributed by atoms with Crippen molar-refractivity contribution in [2.75, 3.05) is 26.7 Å². The summed E-state index contributed by atoms with van der Waals surface area (Å²) in [7, 11) is 1.96. The van der Waals surface area contributed by atoms with Gasteiger partial charge in [-0.25, -0.2) is 4.79 Å². The Morgan fingerprint density at radius 3 is 2.95 bits per heavy atom. The largest absolute Gasteiger partial charge is 0.349 e. The van der Waals surface area contributed by atoms with Crippen LogP contribution >= 0.6 is 23.0 Å². The van der Waals surface area contributed by atoms with E-state index in [4.69, 9.17) is 7.80 Å². The van der Waals surface area contributed by atoms with Crippen molar-refractivity contribution < 1.29 is 7.80 Å². The van der Waals surface area contributed by atoms with Crippen LogP contribution < -0.4 is 11.2 Å².